The van der Waals surface area contributed by atoms with E-state index in [2.05, 4.69) is 9.88 Å². The van der Waals surface area contributed by atoms with Crippen LogP contribution in [0.25, 0.3) is 0 Å². The molecule has 0 radical (unpaired) electrons. The highest BCUT2D eigenvalue weighted by atomic mass is 32.2. The lowest BCUT2D eigenvalue weighted by molar-refractivity contribution is 0.0158. The van der Waals surface area contributed by atoms with Crippen LogP contribution in [0.4, 0.5) is 0 Å². The number of sulfonamides is 1. The number of carbonyl (C=O) groups excluding carboxylic acids is 1. The minimum absolute atomic E-state index is 0.0292. The van der Waals surface area contributed by atoms with Gasteiger partial charge in [-0.15, -0.1) is 0 Å². The van der Waals surface area contributed by atoms with Crippen LogP contribution in [-0.4, -0.2) is 98.2 Å². The summed E-state index contributed by atoms with van der Waals surface area (Å²) >= 11 is 0. The summed E-state index contributed by atoms with van der Waals surface area (Å²) in [6, 6.07) is 3.98. The van der Waals surface area contributed by atoms with Gasteiger partial charge in [-0.05, 0) is 31.4 Å². The number of hydrogen-bond acceptors (Lipinski definition) is 6. The first-order valence-electron chi connectivity index (χ1n) is 9.80. The van der Waals surface area contributed by atoms with E-state index in [0.29, 0.717) is 31.2 Å². The Bertz CT molecular complexity index is 752. The molecule has 1 unspecified atom stereocenters. The van der Waals surface area contributed by atoms with Crippen LogP contribution in [0.5, 0.6) is 0 Å². The average molecular weight is 411 g/mol. The van der Waals surface area contributed by atoms with Gasteiger partial charge in [-0.3, -0.25) is 14.7 Å². The van der Waals surface area contributed by atoms with Gasteiger partial charge in [0, 0.05) is 76.5 Å². The predicted molar refractivity (Wildman–Crippen MR) is 107 cm³/mol. The van der Waals surface area contributed by atoms with Gasteiger partial charge in [-0.1, -0.05) is 0 Å². The normalized spacial score (nSPS) is 21.9. The maximum absolute atomic E-state index is 12.6. The summed E-state index contributed by atoms with van der Waals surface area (Å²) < 4.78 is 30.9. The molecule has 1 aromatic rings. The van der Waals surface area contributed by atoms with Gasteiger partial charge in [0.25, 0.3) is 5.91 Å². The average Bonchev–Trinajstić information content (AvgIpc) is 3.19. The van der Waals surface area contributed by atoms with Crippen molar-refractivity contribution in [3.05, 3.63) is 30.1 Å². The second-order valence-electron chi connectivity index (χ2n) is 7.61. The van der Waals surface area contributed by atoms with Crippen LogP contribution < -0.4 is 0 Å². The summed E-state index contributed by atoms with van der Waals surface area (Å²) in [5, 5.41) is 0. The third kappa shape index (κ3) is 5.28. The molecule has 2 fully saturated rings. The molecule has 1 aromatic heterocycles. The van der Waals surface area contributed by atoms with E-state index in [9.17, 15) is 13.2 Å². The molecule has 0 aliphatic carbocycles. The second-order valence-corrected chi connectivity index (χ2v) is 9.59. The molecule has 0 spiro atoms. The van der Waals surface area contributed by atoms with Crippen molar-refractivity contribution in [2.45, 2.75) is 31.3 Å². The maximum atomic E-state index is 12.6. The van der Waals surface area contributed by atoms with E-state index in [0.717, 1.165) is 39.0 Å². The fourth-order valence-electron chi connectivity index (χ4n) is 4.04. The summed E-state index contributed by atoms with van der Waals surface area (Å²) in [7, 11) is -1.36. The number of amides is 1. The summed E-state index contributed by atoms with van der Waals surface area (Å²) in [5.41, 5.74) is 0.624. The Morgan fingerprint density at radius 3 is 2.46 bits per heavy atom. The fraction of sp³-hybridized carbons (Fsp3) is 0.684. The number of hydrogen-bond donors (Lipinski definition) is 0. The zero-order chi connectivity index (χ0) is 20.1. The van der Waals surface area contributed by atoms with Gasteiger partial charge < -0.3 is 9.64 Å². The lowest BCUT2D eigenvalue weighted by Gasteiger charge is -2.39. The van der Waals surface area contributed by atoms with Gasteiger partial charge >= 0.3 is 0 Å². The van der Waals surface area contributed by atoms with E-state index < -0.39 is 10.0 Å². The molecule has 156 valence electrons. The fourth-order valence-corrected chi connectivity index (χ4v) is 4.92. The molecule has 2 aliphatic rings. The SMILES string of the molecule is CN(CCN(C1CCOCC1)C1CCN(S(C)(=O)=O)C1)C(=O)c1ccncc1. The third-order valence-electron chi connectivity index (χ3n) is 5.69. The van der Waals surface area contributed by atoms with Crippen LogP contribution in [-0.2, 0) is 14.8 Å². The lowest BCUT2D eigenvalue weighted by atomic mass is 10.0. The molecule has 1 atom stereocenters. The molecule has 2 saturated heterocycles. The van der Waals surface area contributed by atoms with Gasteiger partial charge in [0.1, 0.15) is 0 Å². The summed E-state index contributed by atoms with van der Waals surface area (Å²) in [4.78, 5) is 20.7. The van der Waals surface area contributed by atoms with Crippen LogP contribution in [0.2, 0.25) is 0 Å². The number of nitrogens with zero attached hydrogens (tertiary/aromatic N) is 4. The molecule has 8 nitrogen and oxygen atoms in total. The van der Waals surface area contributed by atoms with Crippen molar-refractivity contribution in [2.24, 2.45) is 0 Å². The monoisotopic (exact) mass is 410 g/mol. The quantitative estimate of drug-likeness (QED) is 0.657. The summed E-state index contributed by atoms with van der Waals surface area (Å²) in [6.45, 7) is 3.87. The van der Waals surface area contributed by atoms with Crippen molar-refractivity contribution in [3.63, 3.8) is 0 Å². The topological polar surface area (TPSA) is 83.0 Å². The Balaban J connectivity index is 1.65. The molecule has 0 saturated carbocycles. The first-order valence-corrected chi connectivity index (χ1v) is 11.6. The standard InChI is InChI=1S/C19H30N4O4S/c1-21(19(24)16-3-8-20-9-4-16)11-12-23(17-6-13-27-14-7-17)18-5-10-22(15-18)28(2,25)26/h3-4,8-9,17-18H,5-7,10-15H2,1-2H3. The van der Waals surface area contributed by atoms with Crippen molar-refractivity contribution in [3.8, 4) is 0 Å². The lowest BCUT2D eigenvalue weighted by Crippen LogP contribution is -2.50. The molecular weight excluding hydrogens is 380 g/mol. The van der Waals surface area contributed by atoms with Crippen molar-refractivity contribution in [1.82, 2.24) is 19.1 Å². The van der Waals surface area contributed by atoms with Crippen molar-refractivity contribution < 1.29 is 17.9 Å². The number of pyridine rings is 1. The predicted octanol–water partition coefficient (Wildman–Crippen LogP) is 0.669. The minimum Gasteiger partial charge on any atom is -0.381 e. The highest BCUT2D eigenvalue weighted by Crippen LogP contribution is 2.24. The molecule has 0 aromatic carbocycles. The van der Waals surface area contributed by atoms with Gasteiger partial charge in [0.05, 0.1) is 6.26 Å². The highest BCUT2D eigenvalue weighted by molar-refractivity contribution is 7.88. The van der Waals surface area contributed by atoms with E-state index in [1.54, 1.807) is 33.7 Å². The van der Waals surface area contributed by atoms with Crippen LogP contribution in [0, 0.1) is 0 Å². The highest BCUT2D eigenvalue weighted by Gasteiger charge is 2.35. The van der Waals surface area contributed by atoms with E-state index in [1.807, 2.05) is 7.05 Å². The van der Waals surface area contributed by atoms with Gasteiger partial charge in [0.15, 0.2) is 0 Å². The van der Waals surface area contributed by atoms with Gasteiger partial charge in [-0.25, -0.2) is 12.7 Å². The Morgan fingerprint density at radius 1 is 1.18 bits per heavy atom. The van der Waals surface area contributed by atoms with E-state index in [4.69, 9.17) is 4.74 Å². The largest absolute Gasteiger partial charge is 0.381 e. The molecule has 3 heterocycles. The Morgan fingerprint density at radius 2 is 1.86 bits per heavy atom. The second kappa shape index (κ2) is 9.30. The number of aromatic nitrogens is 1. The summed E-state index contributed by atoms with van der Waals surface area (Å²) in [6.07, 6.45) is 7.22. The van der Waals surface area contributed by atoms with Crippen molar-refractivity contribution in [1.29, 1.82) is 0 Å². The number of carbonyl (C=O) groups is 1. The smallest absolute Gasteiger partial charge is 0.253 e. The zero-order valence-corrected chi connectivity index (χ0v) is 17.5. The van der Waals surface area contributed by atoms with Crippen molar-refractivity contribution in [2.75, 3.05) is 52.7 Å². The Kier molecular flexibility index (Phi) is 7.03. The van der Waals surface area contributed by atoms with Gasteiger partial charge in [0.2, 0.25) is 10.0 Å². The van der Waals surface area contributed by atoms with E-state index >= 15 is 0 Å². The third-order valence-corrected chi connectivity index (χ3v) is 6.96. The molecule has 2 aliphatic heterocycles. The number of rotatable bonds is 7. The first kappa shape index (κ1) is 21.2. The molecule has 3 rings (SSSR count). The van der Waals surface area contributed by atoms with Crippen LogP contribution >= 0.6 is 0 Å². The first-order chi connectivity index (χ1) is 13.4. The molecule has 28 heavy (non-hydrogen) atoms. The van der Waals surface area contributed by atoms with Crippen LogP contribution in [0.15, 0.2) is 24.5 Å². The molecular formula is C19H30N4O4S. The van der Waals surface area contributed by atoms with Crippen LogP contribution in [0.3, 0.4) is 0 Å². The van der Waals surface area contributed by atoms with E-state index in [-0.39, 0.29) is 11.9 Å². The molecule has 0 N–H and O–H groups in total. The number of ether oxygens (including phenoxy) is 1. The van der Waals surface area contributed by atoms with Crippen molar-refractivity contribution >= 4 is 15.9 Å². The molecule has 0 bridgehead atoms. The number of likely N-dealkylation sites (N-methyl/N-ethyl adjacent to an activating group) is 1. The van der Waals surface area contributed by atoms with Crippen LogP contribution in [0.1, 0.15) is 29.6 Å². The zero-order valence-electron chi connectivity index (χ0n) is 16.7. The minimum atomic E-state index is -3.17. The molecule has 1 amide bonds. The molecule has 9 heteroatoms. The Labute approximate surface area is 167 Å². The Hall–Kier alpha value is -1.55. The maximum Gasteiger partial charge on any atom is 0.253 e. The summed E-state index contributed by atoms with van der Waals surface area (Å²) in [5.74, 6) is -0.0292. The van der Waals surface area contributed by atoms with Gasteiger partial charge in [-0.2, -0.15) is 0 Å². The van der Waals surface area contributed by atoms with E-state index in [1.165, 1.54) is 6.26 Å².